The summed E-state index contributed by atoms with van der Waals surface area (Å²) < 4.78 is 16.9. The number of carbonyl (C=O) groups is 1. The van der Waals surface area contributed by atoms with E-state index in [0.29, 0.717) is 28.0 Å². The first-order chi connectivity index (χ1) is 15.6. The monoisotopic (exact) mass is 448 g/mol. The molecule has 1 amide bonds. The van der Waals surface area contributed by atoms with Gasteiger partial charge in [0.1, 0.15) is 29.6 Å². The van der Waals surface area contributed by atoms with Crippen LogP contribution >= 0.6 is 11.6 Å². The molecule has 0 fully saturated rings. The number of carbonyl (C=O) groups excluding carboxylic acids is 1. The van der Waals surface area contributed by atoms with E-state index in [1.807, 2.05) is 55.5 Å². The fourth-order valence-corrected chi connectivity index (χ4v) is 3.13. The summed E-state index contributed by atoms with van der Waals surface area (Å²) in [5.74, 6) is 2.07. The number of nitrogens with zero attached hydrogens (tertiary/aromatic N) is 1. The van der Waals surface area contributed by atoms with Crippen LogP contribution in [0.3, 0.4) is 0 Å². The van der Waals surface area contributed by atoms with Crippen molar-refractivity contribution in [3.8, 4) is 11.5 Å². The van der Waals surface area contributed by atoms with Gasteiger partial charge in [0, 0.05) is 5.02 Å². The summed E-state index contributed by atoms with van der Waals surface area (Å²) in [6.07, 6.45) is 1.42. The van der Waals surface area contributed by atoms with Gasteiger partial charge in [0.25, 0.3) is 5.91 Å². The Morgan fingerprint density at radius 3 is 2.62 bits per heavy atom. The van der Waals surface area contributed by atoms with E-state index in [4.69, 9.17) is 25.5 Å². The second-order valence-electron chi connectivity index (χ2n) is 7.09. The van der Waals surface area contributed by atoms with Crippen LogP contribution in [0.4, 0.5) is 0 Å². The third-order valence-corrected chi connectivity index (χ3v) is 5.09. The highest BCUT2D eigenvalue weighted by atomic mass is 35.5. The van der Waals surface area contributed by atoms with Crippen molar-refractivity contribution in [3.05, 3.63) is 94.9 Å². The Morgan fingerprint density at radius 2 is 1.78 bits per heavy atom. The number of amides is 1. The van der Waals surface area contributed by atoms with E-state index in [-0.39, 0.29) is 19.1 Å². The molecule has 0 aliphatic rings. The zero-order valence-corrected chi connectivity index (χ0v) is 18.1. The number of ether oxygens (including phenoxy) is 2. The molecule has 1 heterocycles. The van der Waals surface area contributed by atoms with Crippen LogP contribution in [0.25, 0.3) is 10.8 Å². The summed E-state index contributed by atoms with van der Waals surface area (Å²) >= 11 is 6.02. The number of fused-ring (bicyclic) bond motifs is 1. The van der Waals surface area contributed by atoms with E-state index in [9.17, 15) is 4.79 Å². The maximum absolute atomic E-state index is 12.0. The molecule has 4 aromatic rings. The first-order valence-electron chi connectivity index (χ1n) is 9.98. The molecule has 0 aliphatic carbocycles. The normalized spacial score (nSPS) is 11.1. The van der Waals surface area contributed by atoms with Crippen LogP contribution in [0.5, 0.6) is 11.5 Å². The summed E-state index contributed by atoms with van der Waals surface area (Å²) in [5, 5.41) is 6.76. The van der Waals surface area contributed by atoms with Crippen molar-refractivity contribution in [2.75, 3.05) is 6.61 Å². The molecule has 1 N–H and O–H groups in total. The third kappa shape index (κ3) is 5.68. The van der Waals surface area contributed by atoms with E-state index in [2.05, 4.69) is 10.5 Å². The number of nitrogens with one attached hydrogen (secondary N) is 1. The Kier molecular flexibility index (Phi) is 6.72. The molecule has 0 saturated carbocycles. The number of benzene rings is 3. The number of hydrazone groups is 1. The zero-order valence-electron chi connectivity index (χ0n) is 17.4. The molecule has 3 aromatic carbocycles. The molecule has 0 saturated heterocycles. The first kappa shape index (κ1) is 21.5. The van der Waals surface area contributed by atoms with Gasteiger partial charge in [0.15, 0.2) is 6.61 Å². The lowest BCUT2D eigenvalue weighted by molar-refractivity contribution is -0.123. The van der Waals surface area contributed by atoms with Crippen molar-refractivity contribution < 1.29 is 18.7 Å². The minimum Gasteiger partial charge on any atom is -0.486 e. The predicted octanol–water partition coefficient (Wildman–Crippen LogP) is 5.50. The summed E-state index contributed by atoms with van der Waals surface area (Å²) in [7, 11) is 0. The highest BCUT2D eigenvalue weighted by molar-refractivity contribution is 6.31. The van der Waals surface area contributed by atoms with E-state index >= 15 is 0 Å². The Balaban J connectivity index is 1.23. The molecule has 7 heteroatoms. The van der Waals surface area contributed by atoms with Crippen molar-refractivity contribution in [1.29, 1.82) is 0 Å². The minimum atomic E-state index is -0.373. The number of halogens is 1. The van der Waals surface area contributed by atoms with Crippen LogP contribution in [0, 0.1) is 6.92 Å². The van der Waals surface area contributed by atoms with Gasteiger partial charge in [-0.2, -0.15) is 5.10 Å². The fourth-order valence-electron chi connectivity index (χ4n) is 3.01. The highest BCUT2D eigenvalue weighted by Crippen LogP contribution is 2.22. The molecule has 4 rings (SSSR count). The Hall–Kier alpha value is -3.77. The van der Waals surface area contributed by atoms with Gasteiger partial charge in [-0.15, -0.1) is 0 Å². The van der Waals surface area contributed by atoms with Crippen molar-refractivity contribution in [2.24, 2.45) is 5.10 Å². The summed E-state index contributed by atoms with van der Waals surface area (Å²) in [4.78, 5) is 12.0. The van der Waals surface area contributed by atoms with E-state index in [1.54, 1.807) is 24.3 Å². The van der Waals surface area contributed by atoms with Gasteiger partial charge in [-0.1, -0.05) is 41.9 Å². The minimum absolute atomic E-state index is 0.145. The predicted molar refractivity (Wildman–Crippen MR) is 124 cm³/mol. The largest absolute Gasteiger partial charge is 0.486 e. The molecule has 1 aromatic heterocycles. The van der Waals surface area contributed by atoms with Crippen LogP contribution in [-0.4, -0.2) is 18.7 Å². The van der Waals surface area contributed by atoms with Crippen LogP contribution in [0.1, 0.15) is 17.1 Å². The number of hydrogen-bond donors (Lipinski definition) is 1. The molecule has 162 valence electrons. The van der Waals surface area contributed by atoms with E-state index in [0.717, 1.165) is 16.3 Å². The van der Waals surface area contributed by atoms with Gasteiger partial charge in [-0.3, -0.25) is 4.79 Å². The van der Waals surface area contributed by atoms with Gasteiger partial charge in [0.05, 0.1) is 6.21 Å². The molecule has 0 bridgehead atoms. The van der Waals surface area contributed by atoms with Gasteiger partial charge in [0.2, 0.25) is 0 Å². The number of rotatable bonds is 8. The molecule has 32 heavy (non-hydrogen) atoms. The molecular formula is C25H21ClN2O4. The first-order valence-corrected chi connectivity index (χ1v) is 10.4. The summed E-state index contributed by atoms with van der Waals surface area (Å²) in [6.45, 7) is 2.03. The molecular weight excluding hydrogens is 428 g/mol. The van der Waals surface area contributed by atoms with Crippen molar-refractivity contribution in [3.63, 3.8) is 0 Å². The number of furan rings is 1. The molecule has 0 unspecified atom stereocenters. The van der Waals surface area contributed by atoms with E-state index < -0.39 is 0 Å². The quantitative estimate of drug-likeness (QED) is 0.285. The second kappa shape index (κ2) is 10.0. The lowest BCUT2D eigenvalue weighted by Gasteiger charge is -2.06. The second-order valence-corrected chi connectivity index (χ2v) is 7.50. The Bertz CT molecular complexity index is 1270. The molecule has 0 aliphatic heterocycles. The third-order valence-electron chi connectivity index (χ3n) is 4.66. The molecule has 0 spiro atoms. The van der Waals surface area contributed by atoms with Crippen LogP contribution in [0.15, 0.2) is 82.3 Å². The Labute approximate surface area is 190 Å². The van der Waals surface area contributed by atoms with Gasteiger partial charge >= 0.3 is 0 Å². The maximum Gasteiger partial charge on any atom is 0.277 e. The van der Waals surface area contributed by atoms with Crippen LogP contribution in [0.2, 0.25) is 5.02 Å². The molecule has 6 nitrogen and oxygen atoms in total. The van der Waals surface area contributed by atoms with Gasteiger partial charge < -0.3 is 13.9 Å². The summed E-state index contributed by atoms with van der Waals surface area (Å²) in [5.41, 5.74) is 3.36. The topological polar surface area (TPSA) is 73.1 Å². The standard InChI is InChI=1S/C25H21ClN2O4/c1-17-12-20(10-11-24(17)26)30-15-23-9-8-22(32-23)14-27-28-25(29)16-31-21-7-6-18-4-2-3-5-19(18)13-21/h2-14H,15-16H2,1H3,(H,28,29)/b27-14+. The SMILES string of the molecule is Cc1cc(OCc2ccc(/C=N/NC(=O)COc3ccc4ccccc4c3)o2)ccc1Cl. The molecule has 0 radical (unpaired) electrons. The highest BCUT2D eigenvalue weighted by Gasteiger charge is 2.05. The van der Waals surface area contributed by atoms with Crippen molar-refractivity contribution >= 4 is 34.5 Å². The smallest absolute Gasteiger partial charge is 0.277 e. The maximum atomic E-state index is 12.0. The zero-order chi connectivity index (χ0) is 22.3. The lowest BCUT2D eigenvalue weighted by atomic mass is 10.1. The average Bonchev–Trinajstić information content (AvgIpc) is 3.26. The van der Waals surface area contributed by atoms with E-state index in [1.165, 1.54) is 6.21 Å². The van der Waals surface area contributed by atoms with Gasteiger partial charge in [-0.05, 0) is 65.7 Å². The summed E-state index contributed by atoms with van der Waals surface area (Å²) in [6, 6.07) is 22.6. The van der Waals surface area contributed by atoms with Crippen LogP contribution < -0.4 is 14.9 Å². The lowest BCUT2D eigenvalue weighted by Crippen LogP contribution is -2.24. The fraction of sp³-hybridized carbons (Fsp3) is 0.120. The van der Waals surface area contributed by atoms with Crippen molar-refractivity contribution in [1.82, 2.24) is 5.43 Å². The van der Waals surface area contributed by atoms with Gasteiger partial charge in [-0.25, -0.2) is 5.43 Å². The van der Waals surface area contributed by atoms with Crippen LogP contribution in [-0.2, 0) is 11.4 Å². The number of hydrogen-bond acceptors (Lipinski definition) is 5. The average molecular weight is 449 g/mol. The number of aryl methyl sites for hydroxylation is 1. The molecule has 0 atom stereocenters. The Morgan fingerprint density at radius 1 is 1.00 bits per heavy atom. The van der Waals surface area contributed by atoms with Crippen molar-refractivity contribution in [2.45, 2.75) is 13.5 Å².